The van der Waals surface area contributed by atoms with Crippen LogP contribution in [0.5, 0.6) is 0 Å². The van der Waals surface area contributed by atoms with Gasteiger partial charge in [0.25, 0.3) is 0 Å². The van der Waals surface area contributed by atoms with Crippen LogP contribution in [-0.2, 0) is 55.5 Å². The number of thioether (sulfide) groups is 1. The van der Waals surface area contributed by atoms with Crippen molar-refractivity contribution in [2.45, 2.75) is 70.4 Å². The molecule has 1 aliphatic heterocycles. The molecule has 27 nitrogen and oxygen atoms in total. The van der Waals surface area contributed by atoms with Crippen molar-refractivity contribution in [2.75, 3.05) is 37.8 Å². The van der Waals surface area contributed by atoms with Crippen LogP contribution in [0.4, 0.5) is 5.82 Å². The minimum Gasteiger partial charge on any atom is -0.481 e. The fourth-order valence-electron chi connectivity index (χ4n) is 4.99. The van der Waals surface area contributed by atoms with Gasteiger partial charge in [0.15, 0.2) is 17.7 Å². The Labute approximate surface area is 332 Å². The maximum Gasteiger partial charge on any atom is 0.481 e. The van der Waals surface area contributed by atoms with E-state index < -0.39 is 114 Å². The van der Waals surface area contributed by atoms with E-state index in [1.54, 1.807) is 0 Å². The number of carbonyl (C=O) groups is 4. The zero-order valence-corrected chi connectivity index (χ0v) is 34.2. The molecule has 2 aromatic heterocycles. The highest BCUT2D eigenvalue weighted by molar-refractivity contribution is 8.13. The minimum absolute atomic E-state index is 0.00878. The lowest BCUT2D eigenvalue weighted by Gasteiger charge is -2.30. The van der Waals surface area contributed by atoms with E-state index in [9.17, 15) is 67.8 Å². The highest BCUT2D eigenvalue weighted by atomic mass is 32.2. The number of hydrogen-bond donors (Lipinski definition) is 11. The van der Waals surface area contributed by atoms with Crippen LogP contribution in [0.2, 0.25) is 0 Å². The summed E-state index contributed by atoms with van der Waals surface area (Å²) in [5, 5.41) is 44.2. The molecule has 2 aromatic rings. The lowest BCUT2D eigenvalue weighted by Crippen LogP contribution is -2.46. The molecular formula is C27H44N7O20P3S. The zero-order chi connectivity index (χ0) is 43.8. The number of fused-ring (bicyclic) bond motifs is 1. The van der Waals surface area contributed by atoms with Gasteiger partial charge in [-0.3, -0.25) is 37.3 Å². The SMILES string of the molecule is CC(CC(=O)O)C(O)C(=O)SCCNC(=O)CCNC(=O)[C@H](O)C(C)(C)COP(=O)(O)OP(=O)(O)OC[C@H]1O[C@@H](n2cnc3c(N)ncnc32)[C@H](O)[C@@H]1OP(=O)(O)O. The fraction of sp³-hybridized carbons (Fsp3) is 0.667. The molecular weight excluding hydrogens is 867 g/mol. The van der Waals surface area contributed by atoms with Gasteiger partial charge in [-0.2, -0.15) is 4.31 Å². The molecule has 0 radical (unpaired) electrons. The molecule has 12 N–H and O–H groups in total. The second-order valence-corrected chi connectivity index (χ2v) is 18.6. The summed E-state index contributed by atoms with van der Waals surface area (Å²) in [5.41, 5.74) is 4.17. The molecule has 1 aliphatic rings. The van der Waals surface area contributed by atoms with Crippen molar-refractivity contribution < 1.29 is 95.5 Å². The van der Waals surface area contributed by atoms with Gasteiger partial charge in [0.2, 0.25) is 16.9 Å². The van der Waals surface area contributed by atoms with Crippen molar-refractivity contribution in [1.29, 1.82) is 0 Å². The van der Waals surface area contributed by atoms with Gasteiger partial charge in [0.1, 0.15) is 42.4 Å². The van der Waals surface area contributed by atoms with Gasteiger partial charge in [-0.1, -0.05) is 32.5 Å². The number of amides is 2. The molecule has 0 aromatic carbocycles. The van der Waals surface area contributed by atoms with E-state index in [2.05, 4.69) is 34.4 Å². The van der Waals surface area contributed by atoms with Gasteiger partial charge in [0.05, 0.1) is 26.0 Å². The third kappa shape index (κ3) is 14.6. The third-order valence-corrected chi connectivity index (χ3v) is 12.1. The number of aliphatic carboxylic acids is 1. The first-order valence-electron chi connectivity index (χ1n) is 16.7. The van der Waals surface area contributed by atoms with Crippen LogP contribution in [0.15, 0.2) is 12.7 Å². The van der Waals surface area contributed by atoms with E-state index in [0.717, 1.165) is 17.2 Å². The van der Waals surface area contributed by atoms with Crippen molar-refractivity contribution in [3.8, 4) is 0 Å². The molecule has 3 rings (SSSR count). The maximum absolute atomic E-state index is 12.7. The molecule has 1 saturated heterocycles. The molecule has 2 amide bonds. The van der Waals surface area contributed by atoms with Crippen molar-refractivity contribution in [3.05, 3.63) is 12.7 Å². The van der Waals surface area contributed by atoms with E-state index in [0.29, 0.717) is 11.8 Å². The Morgan fingerprint density at radius 1 is 1.03 bits per heavy atom. The lowest BCUT2D eigenvalue weighted by molar-refractivity contribution is -0.139. The summed E-state index contributed by atoms with van der Waals surface area (Å²) in [6.07, 6.45) is -9.11. The number of carboxylic acids is 1. The Morgan fingerprint density at radius 2 is 1.69 bits per heavy atom. The van der Waals surface area contributed by atoms with Crippen LogP contribution in [-0.4, -0.2) is 145 Å². The van der Waals surface area contributed by atoms with Crippen LogP contribution in [0.25, 0.3) is 11.2 Å². The second kappa shape index (κ2) is 20.5. The van der Waals surface area contributed by atoms with Gasteiger partial charge >= 0.3 is 29.4 Å². The van der Waals surface area contributed by atoms with Crippen molar-refractivity contribution in [3.63, 3.8) is 0 Å². The number of nitrogen functional groups attached to an aromatic ring is 1. The molecule has 4 unspecified atom stereocenters. The molecule has 58 heavy (non-hydrogen) atoms. The number of nitrogens with one attached hydrogen (secondary N) is 2. The number of anilines is 1. The number of carboxylic acid groups (broad SMARTS) is 1. The normalized spacial score (nSPS) is 22.4. The number of phosphoric acid groups is 3. The van der Waals surface area contributed by atoms with Crippen LogP contribution in [0.1, 0.15) is 39.8 Å². The second-order valence-electron chi connectivity index (χ2n) is 13.3. The highest BCUT2D eigenvalue weighted by Crippen LogP contribution is 2.61. The number of imidazole rings is 1. The highest BCUT2D eigenvalue weighted by Gasteiger charge is 2.50. The number of nitrogens with two attached hydrogens (primary N) is 1. The first kappa shape index (κ1) is 49.4. The molecule has 9 atom stereocenters. The van der Waals surface area contributed by atoms with Gasteiger partial charge in [-0.15, -0.1) is 0 Å². The summed E-state index contributed by atoms with van der Waals surface area (Å²) in [6, 6.07) is 0. The minimum atomic E-state index is -5.60. The fourth-order valence-corrected chi connectivity index (χ4v) is 8.62. The van der Waals surface area contributed by atoms with E-state index in [1.165, 1.54) is 20.8 Å². The van der Waals surface area contributed by atoms with Crippen LogP contribution in [0, 0.1) is 11.3 Å². The summed E-state index contributed by atoms with van der Waals surface area (Å²) < 4.78 is 62.0. The van der Waals surface area contributed by atoms with Crippen LogP contribution in [0.3, 0.4) is 0 Å². The lowest BCUT2D eigenvalue weighted by atomic mass is 9.87. The predicted molar refractivity (Wildman–Crippen MR) is 195 cm³/mol. The first-order valence-corrected chi connectivity index (χ1v) is 22.2. The molecule has 328 valence electrons. The topological polar surface area (TPSA) is 421 Å². The van der Waals surface area contributed by atoms with E-state index in [-0.39, 0.29) is 42.2 Å². The molecule has 0 bridgehead atoms. The molecule has 0 aliphatic carbocycles. The quantitative estimate of drug-likeness (QED) is 0.0430. The number of nitrogens with zero attached hydrogens (tertiary/aromatic N) is 4. The average molecular weight is 912 g/mol. The zero-order valence-electron chi connectivity index (χ0n) is 30.7. The summed E-state index contributed by atoms with van der Waals surface area (Å²) in [6.45, 7) is 1.44. The Bertz CT molecular complexity index is 1930. The maximum atomic E-state index is 12.7. The number of ether oxygens (including phenoxy) is 1. The third-order valence-electron chi connectivity index (χ3n) is 8.02. The number of carbonyl (C=O) groups excluding carboxylic acids is 3. The number of aromatic nitrogens is 4. The summed E-state index contributed by atoms with van der Waals surface area (Å²) >= 11 is 0.691. The number of hydrogen-bond acceptors (Lipinski definition) is 20. The Kier molecular flexibility index (Phi) is 17.4. The molecule has 1 fully saturated rings. The molecule has 0 spiro atoms. The molecule has 3 heterocycles. The summed E-state index contributed by atoms with van der Waals surface area (Å²) in [7, 11) is -16.5. The first-order chi connectivity index (χ1) is 26.7. The summed E-state index contributed by atoms with van der Waals surface area (Å²) in [4.78, 5) is 98.2. The van der Waals surface area contributed by atoms with Crippen LogP contribution < -0.4 is 16.4 Å². The number of aliphatic hydroxyl groups excluding tert-OH is 3. The standard InChI is InChI=1S/C27H44N7O20P3S/c1-13(8-16(36)37)18(38)26(42)58-7-6-29-15(35)4-5-30-24(41)21(40)27(2,3)10-51-57(48,49)54-56(46,47)50-9-14-20(53-55(43,44)45)19(39)25(52-14)34-12-33-17-22(28)31-11-32-23(17)34/h11-14,18-21,25,38-40H,4-10H2,1-3H3,(H,29,35)(H,30,41)(H,36,37)(H,46,47)(H,48,49)(H2,28,31,32)(H2,43,44,45)/t13?,14-,18?,19-,20-,21+,25-/m1/s1. The van der Waals surface area contributed by atoms with Gasteiger partial charge in [0, 0.05) is 36.6 Å². The Hall–Kier alpha value is -3.01. The van der Waals surface area contributed by atoms with Gasteiger partial charge in [-0.05, 0) is 0 Å². The van der Waals surface area contributed by atoms with Crippen molar-refractivity contribution in [1.82, 2.24) is 30.2 Å². The smallest absolute Gasteiger partial charge is 0.481 e. The Balaban J connectivity index is 1.47. The predicted octanol–water partition coefficient (Wildman–Crippen LogP) is -1.86. The van der Waals surface area contributed by atoms with Crippen molar-refractivity contribution in [2.24, 2.45) is 11.3 Å². The van der Waals surface area contributed by atoms with Crippen molar-refractivity contribution >= 4 is 75.1 Å². The molecule has 0 saturated carbocycles. The Morgan fingerprint density at radius 3 is 2.33 bits per heavy atom. The average Bonchev–Trinajstić information content (AvgIpc) is 3.67. The number of rotatable bonds is 23. The van der Waals surface area contributed by atoms with Gasteiger partial charge in [-0.25, -0.2) is 28.6 Å². The van der Waals surface area contributed by atoms with Gasteiger partial charge < -0.3 is 61.1 Å². The number of phosphoric ester groups is 3. The molecule has 31 heteroatoms. The summed E-state index contributed by atoms with van der Waals surface area (Å²) in [5.74, 6) is -3.59. The largest absolute Gasteiger partial charge is 0.481 e. The van der Waals surface area contributed by atoms with E-state index >= 15 is 0 Å². The van der Waals surface area contributed by atoms with Crippen LogP contribution >= 0.6 is 35.2 Å². The monoisotopic (exact) mass is 911 g/mol. The number of aliphatic hydroxyl groups is 3. The van der Waals surface area contributed by atoms with E-state index in [1.807, 2.05) is 0 Å². The van der Waals surface area contributed by atoms with E-state index in [4.69, 9.17) is 24.6 Å².